The van der Waals surface area contributed by atoms with E-state index in [4.69, 9.17) is 16.3 Å². The number of aromatic nitrogens is 3. The summed E-state index contributed by atoms with van der Waals surface area (Å²) >= 11 is 5.95. The first kappa shape index (κ1) is 29.3. The molecule has 1 aliphatic carbocycles. The number of benzene rings is 2. The molecule has 0 radical (unpaired) electrons. The van der Waals surface area contributed by atoms with Crippen molar-refractivity contribution in [2.45, 2.75) is 36.7 Å². The smallest absolute Gasteiger partial charge is 0.270 e. The number of alkyl halides is 2. The molecule has 0 saturated heterocycles. The Balaban J connectivity index is 1.44. The molecule has 0 aliphatic heterocycles. The van der Waals surface area contributed by atoms with E-state index in [1.807, 2.05) is 0 Å². The van der Waals surface area contributed by atoms with E-state index in [1.54, 1.807) is 12.1 Å². The summed E-state index contributed by atoms with van der Waals surface area (Å²) < 4.78 is 74.6. The summed E-state index contributed by atoms with van der Waals surface area (Å²) in [6.45, 7) is 1.44. The van der Waals surface area contributed by atoms with Gasteiger partial charge >= 0.3 is 0 Å². The molecule has 4 aromatic rings. The van der Waals surface area contributed by atoms with E-state index in [0.717, 1.165) is 18.2 Å². The summed E-state index contributed by atoms with van der Waals surface area (Å²) in [4.78, 5) is 33.7. The van der Waals surface area contributed by atoms with Gasteiger partial charge in [0.25, 0.3) is 21.5 Å². The van der Waals surface area contributed by atoms with Gasteiger partial charge in [-0.05, 0) is 42.0 Å². The van der Waals surface area contributed by atoms with Gasteiger partial charge < -0.3 is 10.1 Å². The molecule has 220 valence electrons. The molecule has 1 aliphatic rings. The number of hydrogen-bond acceptors (Lipinski definition) is 7. The Morgan fingerprint density at radius 2 is 1.93 bits per heavy atom. The van der Waals surface area contributed by atoms with Gasteiger partial charge in [-0.1, -0.05) is 24.6 Å². The molecule has 1 unspecified atom stereocenters. The first-order valence-electron chi connectivity index (χ1n) is 12.5. The van der Waals surface area contributed by atoms with E-state index in [1.165, 1.54) is 43.3 Å². The van der Waals surface area contributed by atoms with Gasteiger partial charge in [-0.25, -0.2) is 31.6 Å². The number of nitrogens with zero attached hydrogens (tertiary/aromatic N) is 3. The van der Waals surface area contributed by atoms with Gasteiger partial charge in [-0.2, -0.15) is 0 Å². The number of hydrogen-bond donors (Lipinski definition) is 2. The number of carbonyl (C=O) groups is 1. The fourth-order valence-corrected chi connectivity index (χ4v) is 5.85. The Labute approximate surface area is 242 Å². The van der Waals surface area contributed by atoms with Crippen molar-refractivity contribution in [3.63, 3.8) is 0 Å². The molecule has 5 rings (SSSR count). The van der Waals surface area contributed by atoms with Gasteiger partial charge in [-0.3, -0.25) is 18.9 Å². The van der Waals surface area contributed by atoms with Crippen molar-refractivity contribution in [1.82, 2.24) is 19.9 Å². The van der Waals surface area contributed by atoms with Gasteiger partial charge in [0.05, 0.1) is 41.3 Å². The standard InChI is InChI=1S/C27H23ClF3N5O5S/c1-14(24(37)34-23-10-27(23,30)31)12-36-13-33-20-5-3-15(7-18(20)26(36)38)16-8-21(25(41-2)32-11-16)35-42(39,40)22-6-4-17(29)9-19(22)28/h3-9,11,13-14,23,35H,10,12H2,1-2H3,(H,34,37)/t14-,23?/m1/s1. The van der Waals surface area contributed by atoms with Crippen LogP contribution in [0.5, 0.6) is 5.88 Å². The molecule has 0 bridgehead atoms. The number of methoxy groups -OCH3 is 1. The van der Waals surface area contributed by atoms with E-state index in [-0.39, 0.29) is 33.4 Å². The number of sulfonamides is 1. The number of fused-ring (bicyclic) bond motifs is 1. The Kier molecular flexibility index (Phi) is 7.62. The Bertz CT molecular complexity index is 1890. The van der Waals surface area contributed by atoms with Gasteiger partial charge in [-0.15, -0.1) is 0 Å². The zero-order valence-electron chi connectivity index (χ0n) is 22.1. The van der Waals surface area contributed by atoms with Crippen LogP contribution in [0.2, 0.25) is 5.02 Å². The predicted molar refractivity (Wildman–Crippen MR) is 149 cm³/mol. The summed E-state index contributed by atoms with van der Waals surface area (Å²) in [6.07, 6.45) is 2.29. The van der Waals surface area contributed by atoms with Crippen LogP contribution in [-0.2, 0) is 21.4 Å². The summed E-state index contributed by atoms with van der Waals surface area (Å²) in [7, 11) is -2.98. The maximum absolute atomic E-state index is 13.5. The van der Waals surface area contributed by atoms with Crippen LogP contribution in [0.3, 0.4) is 0 Å². The highest BCUT2D eigenvalue weighted by Crippen LogP contribution is 2.41. The second-order valence-electron chi connectivity index (χ2n) is 9.82. The van der Waals surface area contributed by atoms with Crippen LogP contribution >= 0.6 is 11.6 Å². The van der Waals surface area contributed by atoms with Crippen LogP contribution in [0.15, 0.2) is 64.7 Å². The van der Waals surface area contributed by atoms with E-state index in [0.29, 0.717) is 16.6 Å². The molecule has 1 amide bonds. The number of amides is 1. The lowest BCUT2D eigenvalue weighted by Crippen LogP contribution is -2.37. The topological polar surface area (TPSA) is 132 Å². The number of nitrogens with one attached hydrogen (secondary N) is 2. The summed E-state index contributed by atoms with van der Waals surface area (Å²) in [6, 6.07) is 7.89. The average molecular weight is 622 g/mol. The number of ether oxygens (including phenoxy) is 1. The van der Waals surface area contributed by atoms with Crippen LogP contribution in [0, 0.1) is 11.7 Å². The average Bonchev–Trinajstić information content (AvgIpc) is 3.54. The summed E-state index contributed by atoms with van der Waals surface area (Å²) in [5, 5.41) is 2.17. The minimum atomic E-state index is -4.27. The number of halogens is 4. The van der Waals surface area contributed by atoms with E-state index in [2.05, 4.69) is 20.0 Å². The van der Waals surface area contributed by atoms with E-state index >= 15 is 0 Å². The normalized spacial score (nSPS) is 16.6. The first-order valence-corrected chi connectivity index (χ1v) is 14.3. The number of anilines is 1. The zero-order valence-corrected chi connectivity index (χ0v) is 23.6. The van der Waals surface area contributed by atoms with Gasteiger partial charge in [0.15, 0.2) is 0 Å². The van der Waals surface area contributed by atoms with Crippen molar-refractivity contribution in [3.05, 3.63) is 76.2 Å². The summed E-state index contributed by atoms with van der Waals surface area (Å²) in [5.41, 5.74) is 0.750. The van der Waals surface area contributed by atoms with Crippen LogP contribution in [-0.4, -0.2) is 47.9 Å². The minimum absolute atomic E-state index is 0.0415. The van der Waals surface area contributed by atoms with Crippen molar-refractivity contribution >= 4 is 44.1 Å². The molecule has 0 spiro atoms. The third kappa shape index (κ3) is 5.90. The monoisotopic (exact) mass is 621 g/mol. The molecule has 1 fully saturated rings. The maximum Gasteiger partial charge on any atom is 0.270 e. The van der Waals surface area contributed by atoms with Crippen molar-refractivity contribution in [3.8, 4) is 17.0 Å². The lowest BCUT2D eigenvalue weighted by Gasteiger charge is -2.15. The number of rotatable bonds is 9. The highest BCUT2D eigenvalue weighted by Gasteiger charge is 2.58. The molecular weight excluding hydrogens is 599 g/mol. The quantitative estimate of drug-likeness (QED) is 0.286. The molecule has 42 heavy (non-hydrogen) atoms. The number of carbonyl (C=O) groups excluding carboxylic acids is 1. The van der Waals surface area contributed by atoms with Crippen LogP contribution in [0.1, 0.15) is 13.3 Å². The molecule has 2 aromatic carbocycles. The van der Waals surface area contributed by atoms with Gasteiger partial charge in [0.1, 0.15) is 16.4 Å². The molecule has 2 N–H and O–H groups in total. The largest absolute Gasteiger partial charge is 0.480 e. The molecule has 2 atom stereocenters. The Morgan fingerprint density at radius 3 is 2.60 bits per heavy atom. The lowest BCUT2D eigenvalue weighted by molar-refractivity contribution is -0.125. The lowest BCUT2D eigenvalue weighted by atomic mass is 10.0. The molecule has 15 heteroatoms. The van der Waals surface area contributed by atoms with Crippen molar-refractivity contribution in [2.75, 3.05) is 11.8 Å². The molecular formula is C27H23ClF3N5O5S. The van der Waals surface area contributed by atoms with Crippen molar-refractivity contribution < 1.29 is 31.1 Å². The van der Waals surface area contributed by atoms with Crippen LogP contribution in [0.4, 0.5) is 18.9 Å². The second-order valence-corrected chi connectivity index (χ2v) is 11.9. The SMILES string of the molecule is COc1ncc(-c2ccc3ncn(C[C@@H](C)C(=O)NC4CC4(F)F)c(=O)c3c2)cc1NS(=O)(=O)c1ccc(F)cc1Cl. The van der Waals surface area contributed by atoms with E-state index in [9.17, 15) is 31.2 Å². The van der Waals surface area contributed by atoms with Gasteiger partial charge in [0.2, 0.25) is 11.8 Å². The molecule has 1 saturated carbocycles. The fourth-order valence-electron chi connectivity index (χ4n) is 4.27. The van der Waals surface area contributed by atoms with Gasteiger partial charge in [0, 0.05) is 24.7 Å². The van der Waals surface area contributed by atoms with Crippen LogP contribution < -0.4 is 20.3 Å². The van der Waals surface area contributed by atoms with Crippen molar-refractivity contribution in [2.24, 2.45) is 5.92 Å². The fraction of sp³-hybridized carbons (Fsp3) is 0.259. The number of pyridine rings is 1. The third-order valence-electron chi connectivity index (χ3n) is 6.69. The van der Waals surface area contributed by atoms with Crippen LogP contribution in [0.25, 0.3) is 22.0 Å². The third-order valence-corrected chi connectivity index (χ3v) is 8.54. The highest BCUT2D eigenvalue weighted by atomic mass is 35.5. The predicted octanol–water partition coefficient (Wildman–Crippen LogP) is 4.22. The minimum Gasteiger partial charge on any atom is -0.480 e. The Hall–Kier alpha value is -4.17. The molecule has 2 aromatic heterocycles. The zero-order chi connectivity index (χ0) is 30.4. The highest BCUT2D eigenvalue weighted by molar-refractivity contribution is 7.92. The maximum atomic E-state index is 13.5. The Morgan fingerprint density at radius 1 is 1.19 bits per heavy atom. The molecule has 2 heterocycles. The second kappa shape index (κ2) is 10.9. The summed E-state index contributed by atoms with van der Waals surface area (Å²) in [5.74, 6) is -5.04. The van der Waals surface area contributed by atoms with E-state index < -0.39 is 51.6 Å². The molecule has 10 nitrogen and oxygen atoms in total. The first-order chi connectivity index (χ1) is 19.8. The van der Waals surface area contributed by atoms with Crippen molar-refractivity contribution in [1.29, 1.82) is 0 Å².